The second kappa shape index (κ2) is 7.85. The molecular weight excluding hydrogens is 240 g/mol. The number of carbonyl (C=O) groups is 1. The average molecular weight is 268 g/mol. The Labute approximate surface area is 116 Å². The van der Waals surface area contributed by atoms with Crippen LogP contribution in [0.5, 0.6) is 0 Å². The van der Waals surface area contributed by atoms with Gasteiger partial charge >= 0.3 is 0 Å². The minimum absolute atomic E-state index is 0.227. The molecule has 1 amide bonds. The second-order valence-corrected chi connectivity index (χ2v) is 6.12. The van der Waals surface area contributed by atoms with E-state index in [2.05, 4.69) is 5.32 Å². The Morgan fingerprint density at radius 2 is 2.11 bits per heavy atom. The summed E-state index contributed by atoms with van der Waals surface area (Å²) in [4.78, 5) is 12.1. The van der Waals surface area contributed by atoms with Crippen molar-refractivity contribution in [3.8, 4) is 0 Å². The van der Waals surface area contributed by atoms with Crippen molar-refractivity contribution in [3.05, 3.63) is 0 Å². The minimum Gasteiger partial charge on any atom is -0.381 e. The number of nitrogens with one attached hydrogen (secondary N) is 1. The van der Waals surface area contributed by atoms with Crippen LogP contribution in [0.1, 0.15) is 44.9 Å². The molecule has 1 aliphatic carbocycles. The third-order valence-electron chi connectivity index (χ3n) is 4.60. The van der Waals surface area contributed by atoms with Crippen molar-refractivity contribution in [2.24, 2.45) is 23.5 Å². The third-order valence-corrected chi connectivity index (χ3v) is 4.60. The van der Waals surface area contributed by atoms with Crippen LogP contribution in [0.4, 0.5) is 0 Å². The highest BCUT2D eigenvalue weighted by molar-refractivity contribution is 5.78. The number of carbonyl (C=O) groups excluding carboxylic acids is 1. The molecule has 0 bridgehead atoms. The van der Waals surface area contributed by atoms with Crippen molar-refractivity contribution < 1.29 is 9.53 Å². The Morgan fingerprint density at radius 1 is 1.21 bits per heavy atom. The maximum atomic E-state index is 12.1. The molecule has 2 fully saturated rings. The summed E-state index contributed by atoms with van der Waals surface area (Å²) in [6.07, 6.45) is 7.81. The molecule has 1 saturated carbocycles. The molecule has 0 aromatic carbocycles. The molecule has 3 N–H and O–H groups in total. The van der Waals surface area contributed by atoms with Gasteiger partial charge in [0.25, 0.3) is 0 Å². The summed E-state index contributed by atoms with van der Waals surface area (Å²) in [6, 6.07) is 0. The Morgan fingerprint density at radius 3 is 2.84 bits per heavy atom. The summed E-state index contributed by atoms with van der Waals surface area (Å²) in [6.45, 7) is 3.32. The predicted octanol–water partition coefficient (Wildman–Crippen LogP) is 1.68. The quantitative estimate of drug-likeness (QED) is 0.770. The van der Waals surface area contributed by atoms with E-state index in [0.29, 0.717) is 11.8 Å². The molecule has 2 rings (SSSR count). The zero-order valence-electron chi connectivity index (χ0n) is 11.9. The van der Waals surface area contributed by atoms with Gasteiger partial charge in [0.1, 0.15) is 0 Å². The van der Waals surface area contributed by atoms with Gasteiger partial charge in [-0.15, -0.1) is 0 Å². The predicted molar refractivity (Wildman–Crippen MR) is 75.7 cm³/mol. The van der Waals surface area contributed by atoms with Gasteiger partial charge in [0.2, 0.25) is 5.91 Å². The van der Waals surface area contributed by atoms with E-state index in [9.17, 15) is 4.79 Å². The van der Waals surface area contributed by atoms with E-state index in [1.165, 1.54) is 12.8 Å². The Balaban J connectivity index is 1.64. The largest absolute Gasteiger partial charge is 0.381 e. The van der Waals surface area contributed by atoms with Crippen molar-refractivity contribution in [1.29, 1.82) is 0 Å². The van der Waals surface area contributed by atoms with E-state index >= 15 is 0 Å². The molecule has 0 aromatic heterocycles. The van der Waals surface area contributed by atoms with Gasteiger partial charge in [-0.3, -0.25) is 4.79 Å². The lowest BCUT2D eigenvalue weighted by Gasteiger charge is -2.28. The molecule has 3 unspecified atom stereocenters. The lowest BCUT2D eigenvalue weighted by atomic mass is 9.79. The second-order valence-electron chi connectivity index (χ2n) is 6.12. The summed E-state index contributed by atoms with van der Waals surface area (Å²) >= 11 is 0. The van der Waals surface area contributed by atoms with Crippen LogP contribution in [0, 0.1) is 17.8 Å². The standard InChI is InChI=1S/C15H28N2O2/c16-7-4-12-2-1-3-14(10-12)15(18)17-8-5-13-6-9-19-11-13/h12-14H,1-11,16H2,(H,17,18). The summed E-state index contributed by atoms with van der Waals surface area (Å²) in [5.41, 5.74) is 5.62. The molecule has 2 aliphatic rings. The van der Waals surface area contributed by atoms with Crippen LogP contribution in [0.3, 0.4) is 0 Å². The normalized spacial score (nSPS) is 31.3. The highest BCUT2D eigenvalue weighted by Crippen LogP contribution is 2.30. The molecule has 0 aromatic rings. The first-order chi connectivity index (χ1) is 9.29. The molecule has 1 saturated heterocycles. The van der Waals surface area contributed by atoms with Crippen molar-refractivity contribution >= 4 is 5.91 Å². The van der Waals surface area contributed by atoms with Gasteiger partial charge in [-0.2, -0.15) is 0 Å². The Hall–Kier alpha value is -0.610. The number of hydrogen-bond acceptors (Lipinski definition) is 3. The van der Waals surface area contributed by atoms with Crippen molar-refractivity contribution in [1.82, 2.24) is 5.32 Å². The number of hydrogen-bond donors (Lipinski definition) is 2. The fraction of sp³-hybridized carbons (Fsp3) is 0.933. The first-order valence-corrected chi connectivity index (χ1v) is 7.85. The zero-order chi connectivity index (χ0) is 13.5. The minimum atomic E-state index is 0.227. The van der Waals surface area contributed by atoms with Crippen LogP contribution in [-0.2, 0) is 9.53 Å². The topological polar surface area (TPSA) is 64.4 Å². The molecule has 0 spiro atoms. The lowest BCUT2D eigenvalue weighted by molar-refractivity contribution is -0.126. The average Bonchev–Trinajstić information content (AvgIpc) is 2.92. The SMILES string of the molecule is NCCC1CCCC(C(=O)NCCC2CCOC2)C1. The molecule has 3 atom stereocenters. The van der Waals surface area contributed by atoms with E-state index in [-0.39, 0.29) is 11.8 Å². The van der Waals surface area contributed by atoms with Crippen LogP contribution < -0.4 is 11.1 Å². The van der Waals surface area contributed by atoms with Gasteiger partial charge in [0.15, 0.2) is 0 Å². The highest BCUT2D eigenvalue weighted by Gasteiger charge is 2.26. The van der Waals surface area contributed by atoms with Crippen molar-refractivity contribution in [2.75, 3.05) is 26.3 Å². The van der Waals surface area contributed by atoms with Gasteiger partial charge in [-0.05, 0) is 50.5 Å². The van der Waals surface area contributed by atoms with Gasteiger partial charge in [-0.1, -0.05) is 12.8 Å². The highest BCUT2D eigenvalue weighted by atomic mass is 16.5. The number of nitrogens with two attached hydrogens (primary N) is 1. The number of ether oxygens (including phenoxy) is 1. The van der Waals surface area contributed by atoms with Crippen LogP contribution >= 0.6 is 0 Å². The van der Waals surface area contributed by atoms with E-state index in [4.69, 9.17) is 10.5 Å². The smallest absolute Gasteiger partial charge is 0.223 e. The zero-order valence-corrected chi connectivity index (χ0v) is 11.9. The Kier molecular flexibility index (Phi) is 6.11. The molecule has 1 aliphatic heterocycles. The van der Waals surface area contributed by atoms with Crippen molar-refractivity contribution in [3.63, 3.8) is 0 Å². The first-order valence-electron chi connectivity index (χ1n) is 7.85. The summed E-state index contributed by atoms with van der Waals surface area (Å²) < 4.78 is 5.35. The maximum Gasteiger partial charge on any atom is 0.223 e. The maximum absolute atomic E-state index is 12.1. The van der Waals surface area contributed by atoms with E-state index in [1.54, 1.807) is 0 Å². The fourth-order valence-corrected chi connectivity index (χ4v) is 3.38. The lowest BCUT2D eigenvalue weighted by Crippen LogP contribution is -2.35. The van der Waals surface area contributed by atoms with E-state index < -0.39 is 0 Å². The number of rotatable bonds is 6. The van der Waals surface area contributed by atoms with Crippen LogP contribution in [0.2, 0.25) is 0 Å². The molecule has 1 heterocycles. The molecule has 19 heavy (non-hydrogen) atoms. The van der Waals surface area contributed by atoms with Crippen LogP contribution in [0.15, 0.2) is 0 Å². The van der Waals surface area contributed by atoms with E-state index in [1.807, 2.05) is 0 Å². The van der Waals surface area contributed by atoms with Gasteiger partial charge in [-0.25, -0.2) is 0 Å². The van der Waals surface area contributed by atoms with Crippen LogP contribution in [0.25, 0.3) is 0 Å². The van der Waals surface area contributed by atoms with Gasteiger partial charge in [0, 0.05) is 25.7 Å². The molecule has 110 valence electrons. The monoisotopic (exact) mass is 268 g/mol. The van der Waals surface area contributed by atoms with Gasteiger partial charge < -0.3 is 15.8 Å². The summed E-state index contributed by atoms with van der Waals surface area (Å²) in [5, 5.41) is 3.12. The van der Waals surface area contributed by atoms with E-state index in [0.717, 1.165) is 58.4 Å². The summed E-state index contributed by atoms with van der Waals surface area (Å²) in [7, 11) is 0. The van der Waals surface area contributed by atoms with Gasteiger partial charge in [0.05, 0.1) is 0 Å². The van der Waals surface area contributed by atoms with Crippen molar-refractivity contribution in [2.45, 2.75) is 44.9 Å². The molecule has 4 nitrogen and oxygen atoms in total. The summed E-state index contributed by atoms with van der Waals surface area (Å²) in [5.74, 6) is 1.81. The molecule has 4 heteroatoms. The molecular formula is C15H28N2O2. The molecule has 0 radical (unpaired) electrons. The first kappa shape index (κ1) is 14.8. The number of amides is 1. The third kappa shape index (κ3) is 4.77. The van der Waals surface area contributed by atoms with Crippen LogP contribution in [-0.4, -0.2) is 32.2 Å². The fourth-order valence-electron chi connectivity index (χ4n) is 3.38. The Bertz CT molecular complexity index is 275.